The average molecular weight is 384 g/mol. The minimum absolute atomic E-state index is 0.481. The zero-order valence-electron chi connectivity index (χ0n) is 17.2. The number of rotatable bonds is 11. The maximum absolute atomic E-state index is 5.22. The highest BCUT2D eigenvalue weighted by molar-refractivity contribution is 5.79. The van der Waals surface area contributed by atoms with Gasteiger partial charge in [-0.05, 0) is 55.0 Å². The Labute approximate surface area is 168 Å². The third-order valence-corrected chi connectivity index (χ3v) is 4.65. The van der Waals surface area contributed by atoms with E-state index in [9.17, 15) is 0 Å². The third kappa shape index (κ3) is 7.86. The molecule has 0 aliphatic carbocycles. The number of aliphatic imine (C=N–C) groups is 1. The largest absolute Gasteiger partial charge is 0.497 e. The molecule has 152 valence electrons. The normalized spacial score (nSPS) is 12.3. The van der Waals surface area contributed by atoms with Crippen LogP contribution in [0.4, 0.5) is 5.82 Å². The quantitative estimate of drug-likeness (QED) is 0.314. The zero-order chi connectivity index (χ0) is 20.0. The van der Waals surface area contributed by atoms with Crippen LogP contribution in [0.2, 0.25) is 0 Å². The van der Waals surface area contributed by atoms with Gasteiger partial charge >= 0.3 is 0 Å². The summed E-state index contributed by atoms with van der Waals surface area (Å²) in [6.45, 7) is 4.95. The summed E-state index contributed by atoms with van der Waals surface area (Å²) in [6.07, 6.45) is 4.99. The number of pyridine rings is 1. The van der Waals surface area contributed by atoms with Crippen molar-refractivity contribution in [2.24, 2.45) is 4.99 Å². The molecule has 6 nitrogen and oxygen atoms in total. The minimum atomic E-state index is 0.481. The number of nitrogens with one attached hydrogen (secondary N) is 3. The number of aromatic nitrogens is 1. The molecule has 0 bridgehead atoms. The van der Waals surface area contributed by atoms with Gasteiger partial charge < -0.3 is 20.7 Å². The number of hydrogen-bond acceptors (Lipinski definition) is 4. The number of ether oxygens (including phenoxy) is 1. The predicted octanol–water partition coefficient (Wildman–Crippen LogP) is 3.64. The molecule has 2 rings (SSSR count). The molecule has 0 saturated carbocycles. The molecule has 0 amide bonds. The molecular weight excluding hydrogens is 350 g/mol. The Morgan fingerprint density at radius 3 is 2.46 bits per heavy atom. The van der Waals surface area contributed by atoms with Crippen LogP contribution in [-0.4, -0.2) is 44.7 Å². The van der Waals surface area contributed by atoms with Crippen molar-refractivity contribution in [3.8, 4) is 5.75 Å². The molecule has 2 aromatic rings. The molecule has 28 heavy (non-hydrogen) atoms. The van der Waals surface area contributed by atoms with Crippen LogP contribution in [0.25, 0.3) is 0 Å². The van der Waals surface area contributed by atoms with Gasteiger partial charge in [0, 0.05) is 32.9 Å². The highest BCUT2D eigenvalue weighted by atomic mass is 16.5. The number of benzene rings is 1. The highest BCUT2D eigenvalue weighted by Crippen LogP contribution is 2.21. The summed E-state index contributed by atoms with van der Waals surface area (Å²) in [6, 6.07) is 14.2. The Morgan fingerprint density at radius 1 is 1.04 bits per heavy atom. The van der Waals surface area contributed by atoms with Crippen molar-refractivity contribution in [1.29, 1.82) is 0 Å². The minimum Gasteiger partial charge on any atom is -0.497 e. The smallest absolute Gasteiger partial charge is 0.190 e. The van der Waals surface area contributed by atoms with Crippen LogP contribution < -0.4 is 20.7 Å². The maximum atomic E-state index is 5.22. The predicted molar refractivity (Wildman–Crippen MR) is 117 cm³/mol. The second-order valence-electron chi connectivity index (χ2n) is 6.74. The molecule has 1 aromatic carbocycles. The second kappa shape index (κ2) is 12.6. The Morgan fingerprint density at radius 2 is 1.79 bits per heavy atom. The molecule has 0 aliphatic heterocycles. The number of anilines is 1. The van der Waals surface area contributed by atoms with E-state index in [1.807, 2.05) is 37.4 Å². The summed E-state index contributed by atoms with van der Waals surface area (Å²) >= 11 is 0. The van der Waals surface area contributed by atoms with Crippen LogP contribution in [0.3, 0.4) is 0 Å². The van der Waals surface area contributed by atoms with E-state index in [1.165, 1.54) is 5.56 Å². The van der Waals surface area contributed by atoms with Gasteiger partial charge in [0.25, 0.3) is 0 Å². The van der Waals surface area contributed by atoms with Crippen LogP contribution in [0.15, 0.2) is 53.7 Å². The number of methoxy groups -OCH3 is 1. The van der Waals surface area contributed by atoms with Crippen LogP contribution in [0, 0.1) is 0 Å². The Hall–Kier alpha value is -2.76. The first-order chi connectivity index (χ1) is 13.7. The van der Waals surface area contributed by atoms with E-state index < -0.39 is 0 Å². The highest BCUT2D eigenvalue weighted by Gasteiger charge is 2.06. The molecule has 0 spiro atoms. The molecule has 1 unspecified atom stereocenters. The number of unbranched alkanes of at least 4 members (excludes halogenated alkanes) is 1. The molecule has 6 heteroatoms. The van der Waals surface area contributed by atoms with Gasteiger partial charge in [0.1, 0.15) is 11.6 Å². The lowest BCUT2D eigenvalue weighted by atomic mass is 9.98. The topological polar surface area (TPSA) is 70.6 Å². The van der Waals surface area contributed by atoms with E-state index in [4.69, 9.17) is 4.74 Å². The van der Waals surface area contributed by atoms with Crippen molar-refractivity contribution in [1.82, 2.24) is 15.6 Å². The first-order valence-corrected chi connectivity index (χ1v) is 9.96. The zero-order valence-corrected chi connectivity index (χ0v) is 17.2. The van der Waals surface area contributed by atoms with Gasteiger partial charge in [0.15, 0.2) is 5.96 Å². The lowest BCUT2D eigenvalue weighted by molar-refractivity contribution is 0.414. The SMILES string of the molecule is CN=C(NCCCCNc1ccccn1)NCCC(C)c1ccc(OC)cc1. The average Bonchev–Trinajstić information content (AvgIpc) is 2.75. The summed E-state index contributed by atoms with van der Waals surface area (Å²) in [5, 5.41) is 10.1. The van der Waals surface area contributed by atoms with Crippen molar-refractivity contribution < 1.29 is 4.74 Å². The Bertz CT molecular complexity index is 688. The molecule has 1 atom stereocenters. The standard InChI is InChI=1S/C22H33N5O/c1-18(19-9-11-20(28-3)12-10-19)13-17-27-22(23-2)26-16-7-6-15-25-21-8-4-5-14-24-21/h4-5,8-12,14,18H,6-7,13,15-17H2,1-3H3,(H,24,25)(H2,23,26,27). The Balaban J connectivity index is 1.56. The fourth-order valence-electron chi connectivity index (χ4n) is 2.87. The van der Waals surface area contributed by atoms with E-state index in [1.54, 1.807) is 13.3 Å². The number of hydrogen-bond donors (Lipinski definition) is 3. The Kier molecular flexibility index (Phi) is 9.69. The van der Waals surface area contributed by atoms with Crippen molar-refractivity contribution >= 4 is 11.8 Å². The fourth-order valence-corrected chi connectivity index (χ4v) is 2.87. The number of nitrogens with zero attached hydrogens (tertiary/aromatic N) is 2. The van der Waals surface area contributed by atoms with Crippen LogP contribution in [-0.2, 0) is 0 Å². The molecule has 1 aromatic heterocycles. The van der Waals surface area contributed by atoms with Gasteiger partial charge in [-0.3, -0.25) is 4.99 Å². The molecule has 0 radical (unpaired) electrons. The molecular formula is C22H33N5O. The van der Waals surface area contributed by atoms with Gasteiger partial charge in [0.2, 0.25) is 0 Å². The second-order valence-corrected chi connectivity index (χ2v) is 6.74. The first-order valence-electron chi connectivity index (χ1n) is 9.96. The first kappa shape index (κ1) is 21.5. The maximum Gasteiger partial charge on any atom is 0.190 e. The lowest BCUT2D eigenvalue weighted by Gasteiger charge is -2.15. The van der Waals surface area contributed by atoms with E-state index in [0.29, 0.717) is 5.92 Å². The van der Waals surface area contributed by atoms with Crippen molar-refractivity contribution in [3.05, 3.63) is 54.2 Å². The summed E-state index contributed by atoms with van der Waals surface area (Å²) in [7, 11) is 3.50. The summed E-state index contributed by atoms with van der Waals surface area (Å²) < 4.78 is 5.22. The lowest BCUT2D eigenvalue weighted by Crippen LogP contribution is -2.38. The molecule has 0 saturated heterocycles. The van der Waals surface area contributed by atoms with Gasteiger partial charge in [-0.25, -0.2) is 4.98 Å². The van der Waals surface area contributed by atoms with Crippen molar-refractivity contribution in [2.75, 3.05) is 39.1 Å². The monoisotopic (exact) mass is 383 g/mol. The summed E-state index contributed by atoms with van der Waals surface area (Å²) in [5.74, 6) is 3.17. The van der Waals surface area contributed by atoms with Crippen LogP contribution in [0.1, 0.15) is 37.7 Å². The molecule has 0 fully saturated rings. The molecule has 1 heterocycles. The number of guanidine groups is 1. The molecule has 0 aliphatic rings. The van der Waals surface area contributed by atoms with E-state index in [2.05, 4.69) is 45.0 Å². The third-order valence-electron chi connectivity index (χ3n) is 4.65. The van der Waals surface area contributed by atoms with Crippen LogP contribution in [0.5, 0.6) is 5.75 Å². The van der Waals surface area contributed by atoms with Gasteiger partial charge in [-0.1, -0.05) is 25.1 Å². The summed E-state index contributed by atoms with van der Waals surface area (Å²) in [5.41, 5.74) is 1.32. The van der Waals surface area contributed by atoms with Crippen molar-refractivity contribution in [2.45, 2.75) is 32.1 Å². The van der Waals surface area contributed by atoms with Gasteiger partial charge in [0.05, 0.1) is 7.11 Å². The fraction of sp³-hybridized carbons (Fsp3) is 0.455. The van der Waals surface area contributed by atoms with E-state index >= 15 is 0 Å². The van der Waals surface area contributed by atoms with Gasteiger partial charge in [-0.15, -0.1) is 0 Å². The van der Waals surface area contributed by atoms with Crippen LogP contribution >= 0.6 is 0 Å². The van der Waals surface area contributed by atoms with E-state index in [0.717, 1.165) is 56.4 Å². The molecule has 3 N–H and O–H groups in total. The van der Waals surface area contributed by atoms with E-state index in [-0.39, 0.29) is 0 Å². The van der Waals surface area contributed by atoms with Crippen molar-refractivity contribution in [3.63, 3.8) is 0 Å². The van der Waals surface area contributed by atoms with Gasteiger partial charge in [-0.2, -0.15) is 0 Å². The summed E-state index contributed by atoms with van der Waals surface area (Å²) in [4.78, 5) is 8.55.